The molecule has 1 aliphatic rings. The lowest BCUT2D eigenvalue weighted by atomic mass is 10.2. The molecule has 2 aromatic rings. The van der Waals surface area contributed by atoms with Gasteiger partial charge in [-0.3, -0.25) is 4.98 Å². The van der Waals surface area contributed by atoms with Crippen molar-refractivity contribution in [1.82, 2.24) is 19.9 Å². The summed E-state index contributed by atoms with van der Waals surface area (Å²) in [5, 5.41) is 3.57. The van der Waals surface area contributed by atoms with Gasteiger partial charge in [0.15, 0.2) is 0 Å². The molecule has 2 heterocycles. The van der Waals surface area contributed by atoms with Crippen LogP contribution in [0.1, 0.15) is 29.9 Å². The zero-order valence-electron chi connectivity index (χ0n) is 13.0. The van der Waals surface area contributed by atoms with Crippen molar-refractivity contribution in [1.29, 1.82) is 0 Å². The Balaban J connectivity index is 1.77. The molecule has 1 fully saturated rings. The van der Waals surface area contributed by atoms with Gasteiger partial charge in [0, 0.05) is 62.2 Å². The van der Waals surface area contributed by atoms with E-state index in [-0.39, 0.29) is 0 Å². The molecule has 0 amide bonds. The number of nitrogens with one attached hydrogen (secondary N) is 1. The van der Waals surface area contributed by atoms with E-state index >= 15 is 0 Å². The van der Waals surface area contributed by atoms with Crippen molar-refractivity contribution in [2.24, 2.45) is 7.05 Å². The minimum absolute atomic E-state index is 0.707. The summed E-state index contributed by atoms with van der Waals surface area (Å²) in [6, 6.07) is 2.87. The third-order valence-corrected chi connectivity index (χ3v) is 3.97. The summed E-state index contributed by atoms with van der Waals surface area (Å²) >= 11 is 0. The van der Waals surface area contributed by atoms with E-state index in [1.165, 1.54) is 24.1 Å². The van der Waals surface area contributed by atoms with Gasteiger partial charge >= 0.3 is 0 Å². The Morgan fingerprint density at radius 1 is 1.38 bits per heavy atom. The van der Waals surface area contributed by atoms with E-state index in [1.807, 2.05) is 32.6 Å². The van der Waals surface area contributed by atoms with Gasteiger partial charge in [-0.05, 0) is 25.8 Å². The number of aryl methyl sites for hydroxylation is 2. The van der Waals surface area contributed by atoms with Crippen molar-refractivity contribution in [3.8, 4) is 0 Å². The first-order valence-electron chi connectivity index (χ1n) is 7.49. The highest BCUT2D eigenvalue weighted by atomic mass is 15.2. The maximum atomic E-state index is 4.45. The molecule has 1 N–H and O–H groups in total. The van der Waals surface area contributed by atoms with Crippen molar-refractivity contribution >= 4 is 5.69 Å². The first-order chi connectivity index (χ1) is 10.1. The Morgan fingerprint density at radius 3 is 2.86 bits per heavy atom. The molecule has 0 atom stereocenters. The fraction of sp³-hybridized carbons (Fsp3) is 0.500. The van der Waals surface area contributed by atoms with E-state index in [1.54, 1.807) is 0 Å². The highest BCUT2D eigenvalue weighted by Gasteiger charge is 2.21. The fourth-order valence-corrected chi connectivity index (χ4v) is 2.45. The molecule has 2 aromatic heterocycles. The third kappa shape index (κ3) is 3.42. The zero-order chi connectivity index (χ0) is 14.8. The van der Waals surface area contributed by atoms with E-state index in [0.717, 1.165) is 24.6 Å². The molecule has 0 radical (unpaired) electrons. The molecule has 5 nitrogen and oxygen atoms in total. The summed E-state index contributed by atoms with van der Waals surface area (Å²) < 4.78 is 2.06. The van der Waals surface area contributed by atoms with Gasteiger partial charge in [-0.1, -0.05) is 0 Å². The lowest BCUT2D eigenvalue weighted by Gasteiger charge is -2.22. The van der Waals surface area contributed by atoms with Crippen molar-refractivity contribution in [3.05, 3.63) is 41.7 Å². The minimum atomic E-state index is 0.707. The maximum Gasteiger partial charge on any atom is 0.127 e. The average Bonchev–Trinajstić information content (AvgIpc) is 3.21. The van der Waals surface area contributed by atoms with Crippen molar-refractivity contribution in [2.45, 2.75) is 38.9 Å². The van der Waals surface area contributed by atoms with Gasteiger partial charge in [-0.15, -0.1) is 0 Å². The molecule has 0 saturated heterocycles. The highest BCUT2D eigenvalue weighted by molar-refractivity contribution is 5.53. The molecule has 0 bridgehead atoms. The first-order valence-corrected chi connectivity index (χ1v) is 7.49. The molecular weight excluding hydrogens is 262 g/mol. The molecule has 21 heavy (non-hydrogen) atoms. The van der Waals surface area contributed by atoms with Crippen molar-refractivity contribution in [3.63, 3.8) is 0 Å². The van der Waals surface area contributed by atoms with Crippen LogP contribution in [-0.2, 0) is 20.1 Å². The molecule has 0 aromatic carbocycles. The molecule has 112 valence electrons. The van der Waals surface area contributed by atoms with Crippen LogP contribution in [0.3, 0.4) is 0 Å². The largest absolute Gasteiger partial charge is 0.367 e. The van der Waals surface area contributed by atoms with Gasteiger partial charge in [0.2, 0.25) is 0 Å². The van der Waals surface area contributed by atoms with E-state index in [2.05, 4.69) is 37.9 Å². The topological polar surface area (TPSA) is 46.0 Å². The predicted octanol–water partition coefficient (Wildman–Crippen LogP) is 2.01. The number of nitrogens with zero attached hydrogens (tertiary/aromatic N) is 4. The molecule has 3 rings (SSSR count). The van der Waals surface area contributed by atoms with Gasteiger partial charge in [-0.2, -0.15) is 0 Å². The quantitative estimate of drug-likeness (QED) is 0.882. The minimum Gasteiger partial charge on any atom is -0.367 e. The maximum absolute atomic E-state index is 4.45. The Hall–Kier alpha value is -1.88. The number of anilines is 1. The molecule has 0 aliphatic heterocycles. The van der Waals surface area contributed by atoms with E-state index in [9.17, 15) is 0 Å². The number of hydrogen-bond donors (Lipinski definition) is 1. The summed E-state index contributed by atoms with van der Waals surface area (Å²) in [6.07, 6.45) is 8.43. The normalized spacial score (nSPS) is 14.4. The number of hydrogen-bond acceptors (Lipinski definition) is 4. The summed E-state index contributed by atoms with van der Waals surface area (Å²) in [5.41, 5.74) is 3.54. The SMILES string of the molecule is Cc1cc(N(C)Cc2nccn2C)c(CNC2CC2)cn1. The van der Waals surface area contributed by atoms with Crippen LogP contribution in [0.4, 0.5) is 5.69 Å². The van der Waals surface area contributed by atoms with Crippen LogP contribution in [0.25, 0.3) is 0 Å². The van der Waals surface area contributed by atoms with Gasteiger partial charge in [0.05, 0.1) is 6.54 Å². The third-order valence-electron chi connectivity index (χ3n) is 3.97. The van der Waals surface area contributed by atoms with Gasteiger partial charge in [-0.25, -0.2) is 4.98 Å². The summed E-state index contributed by atoms with van der Waals surface area (Å²) in [5.74, 6) is 1.06. The van der Waals surface area contributed by atoms with Crippen LogP contribution >= 0.6 is 0 Å². The Kier molecular flexibility index (Phi) is 3.92. The van der Waals surface area contributed by atoms with E-state index < -0.39 is 0 Å². The Labute approximate surface area is 126 Å². The second kappa shape index (κ2) is 5.85. The second-order valence-corrected chi connectivity index (χ2v) is 5.92. The van der Waals surface area contributed by atoms with Crippen LogP contribution in [-0.4, -0.2) is 27.6 Å². The van der Waals surface area contributed by atoms with Crippen LogP contribution in [0, 0.1) is 6.92 Å². The van der Waals surface area contributed by atoms with Crippen LogP contribution in [0.2, 0.25) is 0 Å². The van der Waals surface area contributed by atoms with Gasteiger partial charge in [0.25, 0.3) is 0 Å². The molecule has 5 heteroatoms. The number of imidazole rings is 1. The van der Waals surface area contributed by atoms with E-state index in [4.69, 9.17) is 0 Å². The number of pyridine rings is 1. The average molecular weight is 285 g/mol. The van der Waals surface area contributed by atoms with Gasteiger partial charge < -0.3 is 14.8 Å². The lowest BCUT2D eigenvalue weighted by Crippen LogP contribution is -2.23. The molecule has 1 aliphatic carbocycles. The second-order valence-electron chi connectivity index (χ2n) is 5.92. The molecule has 0 unspecified atom stereocenters. The van der Waals surface area contributed by atoms with Crippen molar-refractivity contribution < 1.29 is 0 Å². The Morgan fingerprint density at radius 2 is 2.19 bits per heavy atom. The van der Waals surface area contributed by atoms with Crippen molar-refractivity contribution in [2.75, 3.05) is 11.9 Å². The smallest absolute Gasteiger partial charge is 0.127 e. The van der Waals surface area contributed by atoms with E-state index in [0.29, 0.717) is 6.04 Å². The monoisotopic (exact) mass is 285 g/mol. The standard InChI is InChI=1S/C16H23N5/c1-12-8-15(13(9-18-12)10-19-14-4-5-14)21(3)11-16-17-6-7-20(16)2/h6-9,14,19H,4-5,10-11H2,1-3H3. The van der Waals surface area contributed by atoms with Crippen LogP contribution in [0.5, 0.6) is 0 Å². The summed E-state index contributed by atoms with van der Waals surface area (Å²) in [4.78, 5) is 11.1. The lowest BCUT2D eigenvalue weighted by molar-refractivity contribution is 0.680. The summed E-state index contributed by atoms with van der Waals surface area (Å²) in [6.45, 7) is 3.72. The van der Waals surface area contributed by atoms with Crippen LogP contribution < -0.4 is 10.2 Å². The van der Waals surface area contributed by atoms with Crippen LogP contribution in [0.15, 0.2) is 24.7 Å². The highest BCUT2D eigenvalue weighted by Crippen LogP contribution is 2.24. The first kappa shape index (κ1) is 14.1. The fourth-order valence-electron chi connectivity index (χ4n) is 2.45. The molecule has 1 saturated carbocycles. The molecule has 0 spiro atoms. The number of rotatable bonds is 6. The van der Waals surface area contributed by atoms with Gasteiger partial charge in [0.1, 0.15) is 5.82 Å². The molecular formula is C16H23N5. The Bertz CT molecular complexity index is 615. The summed E-state index contributed by atoms with van der Waals surface area (Å²) in [7, 11) is 4.15. The zero-order valence-corrected chi connectivity index (χ0v) is 13.0. The predicted molar refractivity (Wildman–Crippen MR) is 84.2 cm³/mol. The number of aromatic nitrogens is 3.